The third-order valence-corrected chi connectivity index (χ3v) is 6.38. The molecule has 2 aliphatic heterocycles. The Labute approximate surface area is 188 Å². The number of rotatable bonds is 3. The molecule has 4 rings (SSSR count). The van der Waals surface area contributed by atoms with E-state index in [1.54, 1.807) is 6.92 Å². The number of ether oxygens (including phenoxy) is 2. The Morgan fingerprint density at radius 1 is 1.16 bits per heavy atom. The average Bonchev–Trinajstić information content (AvgIpc) is 2.70. The van der Waals surface area contributed by atoms with E-state index in [0.29, 0.717) is 41.0 Å². The molecule has 2 aromatic carbocycles. The average molecular weight is 439 g/mol. The van der Waals surface area contributed by atoms with Crippen molar-refractivity contribution in [3.8, 4) is 28.7 Å². The van der Waals surface area contributed by atoms with Gasteiger partial charge in [0.2, 0.25) is 0 Å². The molecule has 6 heteroatoms. The summed E-state index contributed by atoms with van der Waals surface area (Å²) in [6, 6.07) is 2.94. The molecule has 0 saturated carbocycles. The molecule has 1 atom stereocenters. The number of phenols is 3. The van der Waals surface area contributed by atoms with Crippen LogP contribution < -0.4 is 9.47 Å². The fourth-order valence-corrected chi connectivity index (χ4v) is 4.36. The van der Waals surface area contributed by atoms with Crippen molar-refractivity contribution in [1.82, 2.24) is 0 Å². The van der Waals surface area contributed by atoms with Gasteiger partial charge in [0, 0.05) is 16.7 Å². The van der Waals surface area contributed by atoms with Gasteiger partial charge in [0.25, 0.3) is 0 Å². The van der Waals surface area contributed by atoms with Crippen LogP contribution in [0.2, 0.25) is 0 Å². The van der Waals surface area contributed by atoms with E-state index in [1.165, 1.54) is 12.1 Å². The summed E-state index contributed by atoms with van der Waals surface area (Å²) in [5.41, 5.74) is 3.05. The van der Waals surface area contributed by atoms with Crippen molar-refractivity contribution in [2.24, 2.45) is 0 Å². The number of aromatic hydroxyl groups is 3. The highest BCUT2D eigenvalue weighted by Crippen LogP contribution is 2.51. The standard InChI is InChI=1S/C26H30O6/c1-13(2)6-7-16-22(29)21-23(30)18(15-10-19(27)14(3)20(28)11-15)12-31-25(21)17-8-9-26(4,5)32-24(16)17/h6,10-11,18,27-29H,7-9,12H2,1-5H3. The number of carbonyl (C=O) groups is 1. The van der Waals surface area contributed by atoms with Gasteiger partial charge in [-0.25, -0.2) is 0 Å². The molecule has 2 aliphatic rings. The molecule has 0 amide bonds. The fourth-order valence-electron chi connectivity index (χ4n) is 4.36. The molecular formula is C26H30O6. The van der Waals surface area contributed by atoms with Crippen LogP contribution >= 0.6 is 0 Å². The minimum atomic E-state index is -0.749. The largest absolute Gasteiger partial charge is 0.508 e. The van der Waals surface area contributed by atoms with E-state index in [2.05, 4.69) is 0 Å². The minimum Gasteiger partial charge on any atom is -0.508 e. The highest BCUT2D eigenvalue weighted by atomic mass is 16.5. The second-order valence-electron chi connectivity index (χ2n) is 9.60. The molecule has 0 saturated heterocycles. The lowest BCUT2D eigenvalue weighted by molar-refractivity contribution is 0.0788. The van der Waals surface area contributed by atoms with E-state index >= 15 is 0 Å². The molecule has 0 aliphatic carbocycles. The Bertz CT molecular complexity index is 1110. The number of hydrogen-bond donors (Lipinski definition) is 3. The summed E-state index contributed by atoms with van der Waals surface area (Å²) >= 11 is 0. The van der Waals surface area contributed by atoms with Crippen molar-refractivity contribution in [2.75, 3.05) is 6.61 Å². The summed E-state index contributed by atoms with van der Waals surface area (Å²) in [4.78, 5) is 13.6. The Kier molecular flexibility index (Phi) is 5.35. The van der Waals surface area contributed by atoms with Crippen molar-refractivity contribution in [2.45, 2.75) is 65.4 Å². The molecule has 0 aromatic heterocycles. The molecule has 2 heterocycles. The predicted octanol–water partition coefficient (Wildman–Crippen LogP) is 5.08. The Morgan fingerprint density at radius 2 is 1.81 bits per heavy atom. The first-order chi connectivity index (χ1) is 15.0. The summed E-state index contributed by atoms with van der Waals surface area (Å²) in [5, 5.41) is 31.5. The lowest BCUT2D eigenvalue weighted by atomic mass is 9.82. The van der Waals surface area contributed by atoms with Crippen molar-refractivity contribution in [1.29, 1.82) is 0 Å². The van der Waals surface area contributed by atoms with Gasteiger partial charge in [-0.3, -0.25) is 4.79 Å². The summed E-state index contributed by atoms with van der Waals surface area (Å²) in [7, 11) is 0. The van der Waals surface area contributed by atoms with E-state index < -0.39 is 5.92 Å². The number of benzene rings is 2. The Hall–Kier alpha value is -3.15. The quantitative estimate of drug-likeness (QED) is 0.578. The van der Waals surface area contributed by atoms with E-state index in [-0.39, 0.29) is 40.8 Å². The van der Waals surface area contributed by atoms with Crippen molar-refractivity contribution >= 4 is 5.78 Å². The summed E-state index contributed by atoms with van der Waals surface area (Å²) in [6.07, 6.45) is 3.87. The van der Waals surface area contributed by atoms with Gasteiger partial charge in [-0.15, -0.1) is 0 Å². The molecular weight excluding hydrogens is 408 g/mol. The third kappa shape index (κ3) is 3.68. The number of phenolic OH excluding ortho intramolecular Hbond substituents is 3. The topological polar surface area (TPSA) is 96.2 Å². The van der Waals surface area contributed by atoms with Crippen molar-refractivity contribution in [3.63, 3.8) is 0 Å². The number of hydrogen-bond acceptors (Lipinski definition) is 6. The van der Waals surface area contributed by atoms with Crippen LogP contribution in [-0.2, 0) is 12.8 Å². The Morgan fingerprint density at radius 3 is 2.44 bits per heavy atom. The van der Waals surface area contributed by atoms with Gasteiger partial charge in [0.1, 0.15) is 46.5 Å². The maximum atomic E-state index is 13.6. The SMILES string of the molecule is CC(C)=CCc1c(O)c2c(c3c1OC(C)(C)CC3)OCC(c1cc(O)c(C)c(O)c1)C2=O. The number of carbonyl (C=O) groups excluding carboxylic acids is 1. The van der Waals surface area contributed by atoms with Crippen LogP contribution in [-0.4, -0.2) is 33.3 Å². The van der Waals surface area contributed by atoms with Gasteiger partial charge < -0.3 is 24.8 Å². The van der Waals surface area contributed by atoms with Gasteiger partial charge in [0.15, 0.2) is 5.78 Å². The van der Waals surface area contributed by atoms with Gasteiger partial charge in [0.05, 0.1) is 5.92 Å². The number of ketones is 1. The normalized spacial score (nSPS) is 18.8. The first-order valence-electron chi connectivity index (χ1n) is 10.9. The van der Waals surface area contributed by atoms with Crippen LogP contribution in [0, 0.1) is 6.92 Å². The molecule has 1 unspecified atom stereocenters. The van der Waals surface area contributed by atoms with Crippen LogP contribution in [0.25, 0.3) is 0 Å². The highest BCUT2D eigenvalue weighted by molar-refractivity contribution is 6.07. The summed E-state index contributed by atoms with van der Waals surface area (Å²) in [5.74, 6) is -0.355. The molecule has 170 valence electrons. The van der Waals surface area contributed by atoms with Crippen molar-refractivity contribution in [3.05, 3.63) is 51.6 Å². The first-order valence-corrected chi connectivity index (χ1v) is 10.9. The first kappa shape index (κ1) is 22.1. The van der Waals surface area contributed by atoms with Crippen LogP contribution in [0.3, 0.4) is 0 Å². The highest BCUT2D eigenvalue weighted by Gasteiger charge is 2.40. The van der Waals surface area contributed by atoms with Gasteiger partial charge in [-0.05, 0) is 71.6 Å². The molecule has 3 N–H and O–H groups in total. The molecule has 0 radical (unpaired) electrons. The summed E-state index contributed by atoms with van der Waals surface area (Å²) < 4.78 is 12.3. The van der Waals surface area contributed by atoms with Crippen LogP contribution in [0.1, 0.15) is 72.6 Å². The smallest absolute Gasteiger partial charge is 0.181 e. The molecule has 6 nitrogen and oxygen atoms in total. The van der Waals surface area contributed by atoms with Gasteiger partial charge in [-0.1, -0.05) is 11.6 Å². The number of fused-ring (bicyclic) bond motifs is 3. The van der Waals surface area contributed by atoms with E-state index in [1.807, 2.05) is 33.8 Å². The summed E-state index contributed by atoms with van der Waals surface area (Å²) in [6.45, 7) is 9.63. The van der Waals surface area contributed by atoms with Crippen LogP contribution in [0.15, 0.2) is 23.8 Å². The van der Waals surface area contributed by atoms with E-state index in [0.717, 1.165) is 17.6 Å². The zero-order chi connectivity index (χ0) is 23.4. The van der Waals surface area contributed by atoms with Gasteiger partial charge in [-0.2, -0.15) is 0 Å². The number of Topliss-reactive ketones (excluding diaryl/α,β-unsaturated/α-hetero) is 1. The van der Waals surface area contributed by atoms with Crippen LogP contribution in [0.4, 0.5) is 0 Å². The van der Waals surface area contributed by atoms with E-state index in [9.17, 15) is 20.1 Å². The molecule has 2 aromatic rings. The number of allylic oxidation sites excluding steroid dienone is 2. The third-order valence-electron chi connectivity index (χ3n) is 6.38. The molecule has 0 spiro atoms. The second kappa shape index (κ2) is 7.76. The fraction of sp³-hybridized carbons (Fsp3) is 0.423. The molecule has 32 heavy (non-hydrogen) atoms. The second-order valence-corrected chi connectivity index (χ2v) is 9.60. The van der Waals surface area contributed by atoms with Crippen LogP contribution in [0.5, 0.6) is 28.7 Å². The molecule has 0 fully saturated rings. The molecule has 0 bridgehead atoms. The zero-order valence-electron chi connectivity index (χ0n) is 19.2. The minimum absolute atomic E-state index is 0.0519. The maximum absolute atomic E-state index is 13.6. The lowest BCUT2D eigenvalue weighted by Crippen LogP contribution is -2.35. The Balaban J connectivity index is 1.87. The predicted molar refractivity (Wildman–Crippen MR) is 121 cm³/mol. The maximum Gasteiger partial charge on any atom is 0.181 e. The van der Waals surface area contributed by atoms with E-state index in [4.69, 9.17) is 9.47 Å². The van der Waals surface area contributed by atoms with Crippen molar-refractivity contribution < 1.29 is 29.6 Å². The monoisotopic (exact) mass is 438 g/mol. The zero-order valence-corrected chi connectivity index (χ0v) is 19.2. The van der Waals surface area contributed by atoms with Gasteiger partial charge >= 0.3 is 0 Å². The lowest BCUT2D eigenvalue weighted by Gasteiger charge is -2.37.